The molecule has 1 aromatic heterocycles. The highest BCUT2D eigenvalue weighted by Crippen LogP contribution is 2.26. The van der Waals surface area contributed by atoms with Crippen molar-refractivity contribution in [1.82, 2.24) is 4.98 Å². The lowest BCUT2D eigenvalue weighted by Gasteiger charge is -2.04. The Bertz CT molecular complexity index is 532. The molecule has 0 aliphatic rings. The van der Waals surface area contributed by atoms with E-state index >= 15 is 0 Å². The van der Waals surface area contributed by atoms with Crippen LogP contribution in [0.3, 0.4) is 0 Å². The van der Waals surface area contributed by atoms with Gasteiger partial charge in [-0.3, -0.25) is 4.79 Å². The van der Waals surface area contributed by atoms with Gasteiger partial charge in [0.2, 0.25) is 0 Å². The molecule has 0 atom stereocenters. The highest BCUT2D eigenvalue weighted by atomic mass is 35.5. The Labute approximate surface area is 95.9 Å². The molecule has 0 saturated heterocycles. The molecular formula is C10H11ClN2OS. The first-order chi connectivity index (χ1) is 7.22. The maximum absolute atomic E-state index is 11.2. The van der Waals surface area contributed by atoms with Crippen LogP contribution in [-0.4, -0.2) is 11.5 Å². The second kappa shape index (κ2) is 4.35. The van der Waals surface area contributed by atoms with E-state index in [1.165, 1.54) is 11.3 Å². The summed E-state index contributed by atoms with van der Waals surface area (Å²) in [6.45, 7) is 0.626. The molecule has 0 bridgehead atoms. The Hall–Kier alpha value is -0.840. The molecule has 0 spiro atoms. The smallest absolute Gasteiger partial charge is 0.305 e. The fraction of sp³-hybridized carbons (Fsp3) is 0.300. The molecule has 1 heterocycles. The van der Waals surface area contributed by atoms with E-state index < -0.39 is 0 Å². The van der Waals surface area contributed by atoms with Gasteiger partial charge in [0.25, 0.3) is 0 Å². The van der Waals surface area contributed by atoms with Crippen LogP contribution < -0.4 is 10.6 Å². The van der Waals surface area contributed by atoms with Crippen molar-refractivity contribution in [2.24, 2.45) is 5.73 Å². The van der Waals surface area contributed by atoms with Crippen molar-refractivity contribution < 1.29 is 0 Å². The summed E-state index contributed by atoms with van der Waals surface area (Å²) in [6.07, 6.45) is 1.68. The zero-order chi connectivity index (χ0) is 10.8. The van der Waals surface area contributed by atoms with Gasteiger partial charge in [0, 0.05) is 5.02 Å². The number of nitrogens with one attached hydrogen (secondary N) is 1. The molecule has 0 unspecified atom stereocenters. The third kappa shape index (κ3) is 2.07. The molecule has 15 heavy (non-hydrogen) atoms. The van der Waals surface area contributed by atoms with Crippen LogP contribution in [-0.2, 0) is 6.42 Å². The molecule has 5 heteroatoms. The van der Waals surface area contributed by atoms with Crippen LogP contribution in [0.1, 0.15) is 12.0 Å². The van der Waals surface area contributed by atoms with E-state index in [2.05, 4.69) is 4.98 Å². The average Bonchev–Trinajstić information content (AvgIpc) is 2.57. The lowest BCUT2D eigenvalue weighted by molar-refractivity contribution is 0.836. The molecule has 0 aliphatic carbocycles. The van der Waals surface area contributed by atoms with Crippen molar-refractivity contribution in [3.05, 3.63) is 32.4 Å². The molecular weight excluding hydrogens is 232 g/mol. The van der Waals surface area contributed by atoms with E-state index in [0.717, 1.165) is 28.6 Å². The van der Waals surface area contributed by atoms with Crippen LogP contribution in [0.25, 0.3) is 10.2 Å². The summed E-state index contributed by atoms with van der Waals surface area (Å²) < 4.78 is 0.955. The second-order valence-corrected chi connectivity index (χ2v) is 4.73. The molecule has 3 N–H and O–H groups in total. The number of aromatic nitrogens is 1. The van der Waals surface area contributed by atoms with E-state index in [1.54, 1.807) is 0 Å². The standard InChI is InChI=1S/C10H11ClN2OS/c11-7-3-4-8-9(13-10(14)15-8)6(7)2-1-5-12/h3-4H,1-2,5,12H2,(H,13,14). The number of halogens is 1. The Morgan fingerprint density at radius 2 is 2.27 bits per heavy atom. The third-order valence-electron chi connectivity index (χ3n) is 2.28. The molecule has 0 aliphatic heterocycles. The Kier molecular flexibility index (Phi) is 3.09. The molecule has 0 fully saturated rings. The largest absolute Gasteiger partial charge is 0.330 e. The lowest BCUT2D eigenvalue weighted by Crippen LogP contribution is -2.01. The molecule has 80 valence electrons. The number of aryl methyl sites for hydroxylation is 1. The summed E-state index contributed by atoms with van der Waals surface area (Å²) in [5.41, 5.74) is 7.33. The highest BCUT2D eigenvalue weighted by molar-refractivity contribution is 7.16. The molecule has 2 rings (SSSR count). The van der Waals surface area contributed by atoms with E-state index in [4.69, 9.17) is 17.3 Å². The Morgan fingerprint density at radius 1 is 1.47 bits per heavy atom. The Morgan fingerprint density at radius 3 is 3.00 bits per heavy atom. The number of benzene rings is 1. The summed E-state index contributed by atoms with van der Waals surface area (Å²) in [6, 6.07) is 3.70. The SMILES string of the molecule is NCCCc1c(Cl)ccc2sc(=O)[nH]c12. The minimum atomic E-state index is -0.0405. The molecule has 0 radical (unpaired) electrons. The number of hydrogen-bond donors (Lipinski definition) is 2. The first-order valence-electron chi connectivity index (χ1n) is 4.72. The predicted octanol–water partition coefficient (Wildman–Crippen LogP) is 2.13. The van der Waals surface area contributed by atoms with Gasteiger partial charge < -0.3 is 10.7 Å². The summed E-state index contributed by atoms with van der Waals surface area (Å²) in [5, 5.41) is 0.699. The first kappa shape index (κ1) is 10.7. The first-order valence-corrected chi connectivity index (χ1v) is 5.92. The minimum Gasteiger partial charge on any atom is -0.330 e. The fourth-order valence-corrected chi connectivity index (χ4v) is 2.59. The molecule has 3 nitrogen and oxygen atoms in total. The van der Waals surface area contributed by atoms with Gasteiger partial charge >= 0.3 is 4.87 Å². The summed E-state index contributed by atoms with van der Waals surface area (Å²) in [4.78, 5) is 14.0. The van der Waals surface area contributed by atoms with Crippen molar-refractivity contribution in [2.75, 3.05) is 6.54 Å². The van der Waals surface area contributed by atoms with Gasteiger partial charge in [-0.15, -0.1) is 0 Å². The van der Waals surface area contributed by atoms with Crippen molar-refractivity contribution in [3.8, 4) is 0 Å². The second-order valence-electron chi connectivity index (χ2n) is 3.31. The summed E-state index contributed by atoms with van der Waals surface area (Å²) >= 11 is 7.30. The third-order valence-corrected chi connectivity index (χ3v) is 3.48. The van der Waals surface area contributed by atoms with Crippen LogP contribution >= 0.6 is 22.9 Å². The maximum atomic E-state index is 11.2. The number of thiazole rings is 1. The van der Waals surface area contributed by atoms with Gasteiger partial charge in [0.15, 0.2) is 0 Å². The normalized spacial score (nSPS) is 11.1. The van der Waals surface area contributed by atoms with Gasteiger partial charge in [0.1, 0.15) is 0 Å². The van der Waals surface area contributed by atoms with Crippen LogP contribution in [0.5, 0.6) is 0 Å². The number of rotatable bonds is 3. The van der Waals surface area contributed by atoms with Gasteiger partial charge in [0.05, 0.1) is 10.2 Å². The fourth-order valence-electron chi connectivity index (χ4n) is 1.57. The number of nitrogens with two attached hydrogens (primary N) is 1. The molecule has 2 aromatic rings. The topological polar surface area (TPSA) is 58.9 Å². The van der Waals surface area contributed by atoms with E-state index in [-0.39, 0.29) is 4.87 Å². The zero-order valence-electron chi connectivity index (χ0n) is 8.05. The zero-order valence-corrected chi connectivity index (χ0v) is 9.62. The van der Waals surface area contributed by atoms with Crippen molar-refractivity contribution in [2.45, 2.75) is 12.8 Å². The van der Waals surface area contributed by atoms with Crippen molar-refractivity contribution in [1.29, 1.82) is 0 Å². The monoisotopic (exact) mass is 242 g/mol. The number of fused-ring (bicyclic) bond motifs is 1. The number of H-pyrrole nitrogens is 1. The van der Waals surface area contributed by atoms with Gasteiger partial charge in [-0.25, -0.2) is 0 Å². The molecule has 0 saturated carbocycles. The van der Waals surface area contributed by atoms with Crippen LogP contribution in [0.2, 0.25) is 5.02 Å². The van der Waals surface area contributed by atoms with Gasteiger partial charge in [-0.05, 0) is 37.1 Å². The number of aromatic amines is 1. The van der Waals surface area contributed by atoms with E-state index in [9.17, 15) is 4.79 Å². The number of hydrogen-bond acceptors (Lipinski definition) is 3. The van der Waals surface area contributed by atoms with Crippen LogP contribution in [0, 0.1) is 0 Å². The van der Waals surface area contributed by atoms with E-state index in [0.29, 0.717) is 11.6 Å². The Balaban J connectivity index is 2.57. The molecule has 0 amide bonds. The van der Waals surface area contributed by atoms with E-state index in [1.807, 2.05) is 12.1 Å². The van der Waals surface area contributed by atoms with Gasteiger partial charge in [-0.2, -0.15) is 0 Å². The average molecular weight is 243 g/mol. The minimum absolute atomic E-state index is 0.0405. The van der Waals surface area contributed by atoms with Gasteiger partial charge in [-0.1, -0.05) is 22.9 Å². The molecule has 1 aromatic carbocycles. The maximum Gasteiger partial charge on any atom is 0.305 e. The van der Waals surface area contributed by atoms with Crippen LogP contribution in [0.15, 0.2) is 16.9 Å². The predicted molar refractivity (Wildman–Crippen MR) is 64.8 cm³/mol. The summed E-state index contributed by atoms with van der Waals surface area (Å²) in [5.74, 6) is 0. The van der Waals surface area contributed by atoms with Crippen molar-refractivity contribution >= 4 is 33.2 Å². The van der Waals surface area contributed by atoms with Crippen LogP contribution in [0.4, 0.5) is 0 Å². The quantitative estimate of drug-likeness (QED) is 0.866. The van der Waals surface area contributed by atoms with Crippen molar-refractivity contribution in [3.63, 3.8) is 0 Å². The lowest BCUT2D eigenvalue weighted by atomic mass is 10.1. The summed E-state index contributed by atoms with van der Waals surface area (Å²) in [7, 11) is 0. The highest BCUT2D eigenvalue weighted by Gasteiger charge is 2.08.